The van der Waals surface area contributed by atoms with Crippen LogP contribution in [0.3, 0.4) is 0 Å². The standard InChI is InChI=1S/C28H29N3O10S4.K/c1-15(27-29(9-4-5-10-45(38,39)40)18-11-16(2)17(3)12-20(18)43-27)7-6-8-19-24(36)30(13-21(32)33)26(41-19)23-25(37)31(14-22(34)35)28(42)44-23;/h6-8,11-12H,4-5,9-10,13-14H2,1-3H3,(H,32,33)(H,34,35)(H,38,39,40);/q;+1/p-1/b7-6?,19-8?,26-23+,27-15?;. The monoisotopic (exact) mass is 733 g/mol. The summed E-state index contributed by atoms with van der Waals surface area (Å²) in [7, 11) is -4.32. The summed E-state index contributed by atoms with van der Waals surface area (Å²) in [5.74, 6) is -3.93. The molecule has 2 N–H and O–H groups in total. The number of oxazole rings is 1. The number of fused-ring (bicyclic) bond motifs is 1. The van der Waals surface area contributed by atoms with Gasteiger partial charge in [0, 0.05) is 17.2 Å². The molecule has 240 valence electrons. The van der Waals surface area contributed by atoms with Crippen LogP contribution in [0, 0.1) is 13.8 Å². The third-order valence-corrected chi connectivity index (χ3v) is 10.3. The predicted molar refractivity (Wildman–Crippen MR) is 172 cm³/mol. The molecule has 1 aromatic heterocycles. The summed E-state index contributed by atoms with van der Waals surface area (Å²) >= 11 is 7.34. The largest absolute Gasteiger partial charge is 1.00 e. The van der Waals surface area contributed by atoms with Crippen LogP contribution in [-0.4, -0.2) is 73.7 Å². The summed E-state index contributed by atoms with van der Waals surface area (Å²) in [4.78, 5) is 52.4. The molecule has 0 unspecified atom stereocenters. The maximum Gasteiger partial charge on any atom is 1.00 e. The zero-order valence-electron chi connectivity index (χ0n) is 25.3. The van der Waals surface area contributed by atoms with E-state index in [-0.39, 0.29) is 78.0 Å². The van der Waals surface area contributed by atoms with E-state index in [0.29, 0.717) is 24.7 Å². The van der Waals surface area contributed by atoms with E-state index in [2.05, 4.69) is 17.0 Å². The van der Waals surface area contributed by atoms with Gasteiger partial charge in [0.15, 0.2) is 5.42 Å². The molecule has 1 saturated heterocycles. The molecule has 46 heavy (non-hydrogen) atoms. The fourth-order valence-corrected chi connectivity index (χ4v) is 7.60. The van der Waals surface area contributed by atoms with Gasteiger partial charge in [-0.15, -0.1) is 0 Å². The van der Waals surface area contributed by atoms with Crippen LogP contribution >= 0.6 is 35.7 Å². The van der Waals surface area contributed by atoms with Crippen LogP contribution in [0.4, 0.5) is 5.69 Å². The van der Waals surface area contributed by atoms with Crippen LogP contribution in [0.5, 0.6) is 0 Å². The summed E-state index contributed by atoms with van der Waals surface area (Å²) in [6.07, 6.45) is 5.26. The third kappa shape index (κ3) is 9.12. The molecule has 0 aliphatic carbocycles. The zero-order chi connectivity index (χ0) is 33.2. The molecule has 2 aliphatic heterocycles. The van der Waals surface area contributed by atoms with Crippen molar-refractivity contribution in [1.29, 1.82) is 0 Å². The first-order valence-corrected chi connectivity index (χ1v) is 17.0. The van der Waals surface area contributed by atoms with Gasteiger partial charge in [-0.05, 0) is 80.3 Å². The van der Waals surface area contributed by atoms with E-state index in [1.807, 2.05) is 20.8 Å². The Balaban J connectivity index is 0.00000576. The molecule has 0 radical (unpaired) electrons. The third-order valence-electron chi connectivity index (χ3n) is 6.81. The molecular formula is C28H28KN3O10S4. The molecular weight excluding hydrogens is 706 g/mol. The first-order valence-electron chi connectivity index (χ1n) is 13.4. The van der Waals surface area contributed by atoms with Gasteiger partial charge in [0.2, 0.25) is 5.55 Å². The molecule has 18 heteroatoms. The van der Waals surface area contributed by atoms with Crippen molar-refractivity contribution in [3.63, 3.8) is 0 Å². The number of carboxylic acids is 2. The van der Waals surface area contributed by atoms with Crippen molar-refractivity contribution < 1.29 is 93.4 Å². The topological polar surface area (TPSA) is 190 Å². The average Bonchev–Trinajstić information content (AvgIpc) is 3.53. The van der Waals surface area contributed by atoms with Crippen LogP contribution in [-0.2, 0) is 31.0 Å². The van der Waals surface area contributed by atoms with Crippen molar-refractivity contribution in [1.82, 2.24) is 9.47 Å². The van der Waals surface area contributed by atoms with Crippen LogP contribution in [0.25, 0.3) is 11.0 Å². The van der Waals surface area contributed by atoms with Gasteiger partial charge in [0.1, 0.15) is 22.3 Å². The van der Waals surface area contributed by atoms with Crippen molar-refractivity contribution in [2.24, 2.45) is 0 Å². The van der Waals surface area contributed by atoms with Gasteiger partial charge in [-0.1, -0.05) is 36.1 Å². The summed E-state index contributed by atoms with van der Waals surface area (Å²) in [5, 5.41) is 19.3. The zero-order valence-corrected chi connectivity index (χ0v) is 31.7. The number of aliphatic carboxylic acids is 2. The Hall–Kier alpha value is -2.00. The smallest absolute Gasteiger partial charge is 0.748 e. The van der Waals surface area contributed by atoms with Gasteiger partial charge < -0.3 is 24.1 Å². The molecule has 0 spiro atoms. The fourth-order valence-electron chi connectivity index (χ4n) is 4.53. The number of carbonyl (C=O) groups is 3. The van der Waals surface area contributed by atoms with E-state index >= 15 is 0 Å². The Labute approximate surface area is 320 Å². The molecule has 2 aliphatic rings. The van der Waals surface area contributed by atoms with Gasteiger partial charge >= 0.3 is 63.3 Å². The van der Waals surface area contributed by atoms with E-state index in [9.17, 15) is 37.3 Å². The van der Waals surface area contributed by atoms with Gasteiger partial charge in [-0.25, -0.2) is 8.42 Å². The summed E-state index contributed by atoms with van der Waals surface area (Å²) in [5.41, 5.74) is 2.53. The van der Waals surface area contributed by atoms with Gasteiger partial charge in [-0.2, -0.15) is 0 Å². The summed E-state index contributed by atoms with van der Waals surface area (Å²) in [6.45, 7) is 4.81. The van der Waals surface area contributed by atoms with E-state index in [4.69, 9.17) is 21.7 Å². The number of benzene rings is 1. The van der Waals surface area contributed by atoms with Crippen molar-refractivity contribution in [2.45, 2.75) is 45.1 Å². The Morgan fingerprint density at radius 3 is 2.33 bits per heavy atom. The van der Waals surface area contributed by atoms with Gasteiger partial charge in [0.25, 0.3) is 11.5 Å². The number of hydrogen-bond acceptors (Lipinski definition) is 12. The Kier molecular flexibility index (Phi) is 13.3. The average molecular weight is 734 g/mol. The Morgan fingerprint density at radius 2 is 1.70 bits per heavy atom. The molecule has 0 bridgehead atoms. The molecule has 1 amide bonds. The number of amides is 1. The van der Waals surface area contributed by atoms with E-state index in [1.54, 1.807) is 6.08 Å². The molecule has 13 nitrogen and oxygen atoms in total. The minimum atomic E-state index is -4.32. The minimum absolute atomic E-state index is 0. The molecule has 1 fully saturated rings. The second-order valence-electron chi connectivity index (χ2n) is 10.2. The van der Waals surface area contributed by atoms with E-state index in [0.717, 1.165) is 41.8 Å². The first kappa shape index (κ1) is 38.4. The first-order chi connectivity index (χ1) is 21.1. The van der Waals surface area contributed by atoms with Crippen molar-refractivity contribution >= 4 is 84.7 Å². The quantitative estimate of drug-likeness (QED) is 0.120. The number of thioether (sulfide) groups is 2. The molecule has 0 atom stereocenters. The minimum Gasteiger partial charge on any atom is -0.748 e. The number of hydrogen-bond donors (Lipinski definition) is 2. The van der Waals surface area contributed by atoms with Crippen LogP contribution in [0.15, 0.2) is 49.0 Å². The van der Waals surface area contributed by atoms with Crippen molar-refractivity contribution in [3.05, 3.63) is 67.3 Å². The second kappa shape index (κ2) is 15.9. The number of allylic oxidation sites excluding steroid dienone is 3. The van der Waals surface area contributed by atoms with Crippen molar-refractivity contribution in [2.75, 3.05) is 23.7 Å². The summed E-state index contributed by atoms with van der Waals surface area (Å²) < 4.78 is 39.6. The second-order valence-corrected chi connectivity index (χ2v) is 14.4. The Morgan fingerprint density at radius 1 is 1.04 bits per heavy atom. The number of aromatic nitrogens is 1. The fraction of sp³-hybridized carbons (Fsp3) is 0.321. The summed E-state index contributed by atoms with van der Waals surface area (Å²) in [6, 6.07) is 4.12. The number of rotatable bonds is 11. The van der Waals surface area contributed by atoms with Gasteiger partial charge in [0.05, 0.1) is 20.8 Å². The maximum atomic E-state index is 13.1. The number of unbranched alkanes of at least 4 members (excludes halogenated alkanes) is 1. The molecule has 3 heterocycles. The molecule has 2 aromatic rings. The van der Waals surface area contributed by atoms with Crippen LogP contribution in [0.2, 0.25) is 0 Å². The van der Waals surface area contributed by atoms with Crippen LogP contribution < -0.4 is 72.8 Å². The number of anilines is 1. The van der Waals surface area contributed by atoms with E-state index in [1.165, 1.54) is 23.9 Å². The SMILES string of the molecule is CC(C=CC=c1o/c(=C2/SC(=S)N(CC(=O)O)C2=O)n(CC(=O)O)c1=O)=C1Sc2cc(C)c(C)cc2N1CCCCS(=O)(=O)[O-].[K+]. The number of aryl methyl sites for hydroxylation is 2. The molecule has 0 saturated carbocycles. The number of carbonyl (C=O) groups excluding carboxylic acids is 1. The van der Waals surface area contributed by atoms with Crippen LogP contribution in [0.1, 0.15) is 30.9 Å². The number of thiocarbonyl (C=S) groups is 1. The molecule has 4 rings (SSSR count). The Bertz CT molecular complexity index is 1960. The van der Waals surface area contributed by atoms with Gasteiger partial charge in [-0.3, -0.25) is 28.6 Å². The van der Waals surface area contributed by atoms with E-state index < -0.39 is 52.4 Å². The van der Waals surface area contributed by atoms with Crippen molar-refractivity contribution in [3.8, 4) is 0 Å². The number of nitrogens with zero attached hydrogens (tertiary/aromatic N) is 3. The normalized spacial score (nSPS) is 17.6. The predicted octanol–water partition coefficient (Wildman–Crippen LogP) is -1.29. The molecule has 1 aromatic carbocycles. The number of carboxylic acid groups (broad SMARTS) is 2. The maximum absolute atomic E-state index is 13.1.